The quantitative estimate of drug-likeness (QED) is 0.648. The molecule has 0 spiro atoms. The largest absolute Gasteiger partial charge is 0.468 e. The van der Waals surface area contributed by atoms with Crippen LogP contribution in [-0.2, 0) is 14.3 Å². The fraction of sp³-hybridized carbons (Fsp3) is 0.923. The monoisotopic (exact) mass is 258 g/mol. The van der Waals surface area contributed by atoms with Gasteiger partial charge in [-0.3, -0.25) is 9.69 Å². The van der Waals surface area contributed by atoms with Gasteiger partial charge in [0.15, 0.2) is 0 Å². The minimum atomic E-state index is -0.156. The normalized spacial score (nSPS) is 18.6. The zero-order valence-corrected chi connectivity index (χ0v) is 11.6. The van der Waals surface area contributed by atoms with Gasteiger partial charge in [-0.1, -0.05) is 19.8 Å². The number of esters is 1. The molecule has 5 nitrogen and oxygen atoms in total. The van der Waals surface area contributed by atoms with Crippen molar-refractivity contribution in [1.29, 1.82) is 0 Å². The zero-order valence-electron chi connectivity index (χ0n) is 11.6. The molecule has 1 unspecified atom stereocenters. The van der Waals surface area contributed by atoms with Crippen molar-refractivity contribution in [3.05, 3.63) is 0 Å². The predicted molar refractivity (Wildman–Crippen MR) is 70.6 cm³/mol. The molecule has 0 aromatic carbocycles. The van der Waals surface area contributed by atoms with E-state index in [0.29, 0.717) is 0 Å². The van der Waals surface area contributed by atoms with Gasteiger partial charge in [0, 0.05) is 26.2 Å². The first-order valence-electron chi connectivity index (χ1n) is 6.89. The summed E-state index contributed by atoms with van der Waals surface area (Å²) in [7, 11) is 1.45. The second-order valence-corrected chi connectivity index (χ2v) is 4.63. The van der Waals surface area contributed by atoms with Crippen LogP contribution in [0.1, 0.15) is 26.2 Å². The van der Waals surface area contributed by atoms with Crippen LogP contribution in [-0.4, -0.2) is 63.4 Å². The minimum Gasteiger partial charge on any atom is -0.468 e. The SMILES string of the molecule is CCCCC(NCCN1CCOCC1)C(=O)OC. The maximum atomic E-state index is 11.6. The number of unbranched alkanes of at least 4 members (excludes halogenated alkanes) is 1. The zero-order chi connectivity index (χ0) is 13.2. The Balaban J connectivity index is 2.20. The van der Waals surface area contributed by atoms with Crippen molar-refractivity contribution in [2.75, 3.05) is 46.5 Å². The molecule has 0 bridgehead atoms. The first kappa shape index (κ1) is 15.4. The fourth-order valence-corrected chi connectivity index (χ4v) is 2.08. The topological polar surface area (TPSA) is 50.8 Å². The summed E-state index contributed by atoms with van der Waals surface area (Å²) in [6, 6.07) is -0.156. The predicted octanol–water partition coefficient (Wildman–Crippen LogP) is 0.640. The number of hydrogen-bond acceptors (Lipinski definition) is 5. The highest BCUT2D eigenvalue weighted by Gasteiger charge is 2.18. The highest BCUT2D eigenvalue weighted by molar-refractivity contribution is 5.75. The Morgan fingerprint density at radius 3 is 2.78 bits per heavy atom. The summed E-state index contributed by atoms with van der Waals surface area (Å²) < 4.78 is 10.1. The average Bonchev–Trinajstić information content (AvgIpc) is 2.43. The molecule has 1 aliphatic heterocycles. The lowest BCUT2D eigenvalue weighted by Crippen LogP contribution is -2.44. The van der Waals surface area contributed by atoms with Crippen LogP contribution in [0.3, 0.4) is 0 Å². The molecule has 1 heterocycles. The van der Waals surface area contributed by atoms with Crippen molar-refractivity contribution in [2.24, 2.45) is 0 Å². The number of morpholine rings is 1. The van der Waals surface area contributed by atoms with E-state index in [1.54, 1.807) is 0 Å². The van der Waals surface area contributed by atoms with Crippen LogP contribution in [0.5, 0.6) is 0 Å². The molecule has 1 rings (SSSR count). The van der Waals surface area contributed by atoms with Crippen molar-refractivity contribution in [3.8, 4) is 0 Å². The van der Waals surface area contributed by atoms with Crippen LogP contribution in [0.4, 0.5) is 0 Å². The second-order valence-electron chi connectivity index (χ2n) is 4.63. The summed E-state index contributed by atoms with van der Waals surface area (Å²) >= 11 is 0. The Labute approximate surface area is 110 Å². The first-order valence-corrected chi connectivity index (χ1v) is 6.89. The second kappa shape index (κ2) is 9.30. The van der Waals surface area contributed by atoms with E-state index in [-0.39, 0.29) is 12.0 Å². The minimum absolute atomic E-state index is 0.148. The number of nitrogens with zero attached hydrogens (tertiary/aromatic N) is 1. The van der Waals surface area contributed by atoms with Gasteiger partial charge in [0.2, 0.25) is 0 Å². The van der Waals surface area contributed by atoms with Gasteiger partial charge in [0.05, 0.1) is 20.3 Å². The van der Waals surface area contributed by atoms with Crippen LogP contribution < -0.4 is 5.32 Å². The molecule has 0 aromatic rings. The third-order valence-corrected chi connectivity index (χ3v) is 3.25. The fourth-order valence-electron chi connectivity index (χ4n) is 2.08. The smallest absolute Gasteiger partial charge is 0.322 e. The van der Waals surface area contributed by atoms with Crippen molar-refractivity contribution in [1.82, 2.24) is 10.2 Å². The molecular weight excluding hydrogens is 232 g/mol. The molecule has 0 saturated carbocycles. The summed E-state index contributed by atoms with van der Waals surface area (Å²) in [4.78, 5) is 13.9. The van der Waals surface area contributed by atoms with Crippen LogP contribution in [0.25, 0.3) is 0 Å². The molecule has 0 aliphatic carbocycles. The van der Waals surface area contributed by atoms with Crippen molar-refractivity contribution < 1.29 is 14.3 Å². The van der Waals surface area contributed by atoms with Gasteiger partial charge in [0.25, 0.3) is 0 Å². The van der Waals surface area contributed by atoms with Crippen LogP contribution in [0, 0.1) is 0 Å². The summed E-state index contributed by atoms with van der Waals surface area (Å²) in [5, 5.41) is 3.30. The van der Waals surface area contributed by atoms with E-state index in [1.807, 2.05) is 0 Å². The lowest BCUT2D eigenvalue weighted by atomic mass is 10.1. The number of ether oxygens (including phenoxy) is 2. The molecule has 18 heavy (non-hydrogen) atoms. The van der Waals surface area contributed by atoms with Crippen LogP contribution in [0.15, 0.2) is 0 Å². The molecule has 0 aromatic heterocycles. The number of nitrogens with one attached hydrogen (secondary N) is 1. The highest BCUT2D eigenvalue weighted by Crippen LogP contribution is 2.02. The lowest BCUT2D eigenvalue weighted by molar-refractivity contribution is -0.143. The van der Waals surface area contributed by atoms with E-state index in [0.717, 1.165) is 58.7 Å². The van der Waals surface area contributed by atoms with E-state index in [9.17, 15) is 4.79 Å². The van der Waals surface area contributed by atoms with Crippen molar-refractivity contribution >= 4 is 5.97 Å². The number of carbonyl (C=O) groups excluding carboxylic acids is 1. The Kier molecular flexibility index (Phi) is 7.96. The van der Waals surface area contributed by atoms with Gasteiger partial charge in [-0.15, -0.1) is 0 Å². The maximum Gasteiger partial charge on any atom is 0.322 e. The maximum absolute atomic E-state index is 11.6. The van der Waals surface area contributed by atoms with Gasteiger partial charge in [-0.25, -0.2) is 0 Å². The molecule has 5 heteroatoms. The Morgan fingerprint density at radius 1 is 1.44 bits per heavy atom. The van der Waals surface area contributed by atoms with Crippen LogP contribution in [0.2, 0.25) is 0 Å². The van der Waals surface area contributed by atoms with E-state index >= 15 is 0 Å². The lowest BCUT2D eigenvalue weighted by Gasteiger charge is -2.27. The Morgan fingerprint density at radius 2 is 2.17 bits per heavy atom. The van der Waals surface area contributed by atoms with Gasteiger partial charge in [-0.05, 0) is 6.42 Å². The van der Waals surface area contributed by atoms with E-state index in [1.165, 1.54) is 7.11 Å². The number of hydrogen-bond donors (Lipinski definition) is 1. The van der Waals surface area contributed by atoms with Gasteiger partial charge in [-0.2, -0.15) is 0 Å². The standard InChI is InChI=1S/C13H26N2O3/c1-3-4-5-12(13(16)17-2)14-6-7-15-8-10-18-11-9-15/h12,14H,3-11H2,1-2H3. The molecule has 1 atom stereocenters. The summed E-state index contributed by atoms with van der Waals surface area (Å²) in [6.45, 7) is 7.51. The molecule has 1 saturated heterocycles. The summed E-state index contributed by atoms with van der Waals surface area (Å²) in [6.07, 6.45) is 3.00. The third kappa shape index (κ3) is 5.80. The average molecular weight is 258 g/mol. The summed E-state index contributed by atoms with van der Waals surface area (Å²) in [5.41, 5.74) is 0. The summed E-state index contributed by atoms with van der Waals surface area (Å²) in [5.74, 6) is -0.148. The Hall–Kier alpha value is -0.650. The van der Waals surface area contributed by atoms with Gasteiger partial charge in [0.1, 0.15) is 6.04 Å². The number of methoxy groups -OCH3 is 1. The Bertz CT molecular complexity index is 230. The molecule has 1 N–H and O–H groups in total. The van der Waals surface area contributed by atoms with E-state index < -0.39 is 0 Å². The van der Waals surface area contributed by atoms with Crippen molar-refractivity contribution in [2.45, 2.75) is 32.2 Å². The van der Waals surface area contributed by atoms with E-state index in [4.69, 9.17) is 9.47 Å². The third-order valence-electron chi connectivity index (χ3n) is 3.25. The number of rotatable bonds is 8. The molecule has 0 amide bonds. The van der Waals surface area contributed by atoms with Crippen molar-refractivity contribution in [3.63, 3.8) is 0 Å². The van der Waals surface area contributed by atoms with E-state index in [2.05, 4.69) is 17.1 Å². The van der Waals surface area contributed by atoms with Gasteiger partial charge < -0.3 is 14.8 Å². The highest BCUT2D eigenvalue weighted by atomic mass is 16.5. The first-order chi connectivity index (χ1) is 8.77. The molecule has 1 fully saturated rings. The molecule has 0 radical (unpaired) electrons. The molecule has 106 valence electrons. The molecule has 1 aliphatic rings. The van der Waals surface area contributed by atoms with Gasteiger partial charge >= 0.3 is 5.97 Å². The number of carbonyl (C=O) groups is 1. The molecular formula is C13H26N2O3. The van der Waals surface area contributed by atoms with Crippen LogP contribution >= 0.6 is 0 Å².